The molecule has 0 saturated carbocycles. The third-order valence-corrected chi connectivity index (χ3v) is 5.87. The van der Waals surface area contributed by atoms with Gasteiger partial charge in [0.15, 0.2) is 16.1 Å². The molecule has 0 fully saturated rings. The zero-order valence-corrected chi connectivity index (χ0v) is 18.1. The van der Waals surface area contributed by atoms with Crippen LogP contribution in [0.1, 0.15) is 34.4 Å². The third-order valence-electron chi connectivity index (χ3n) is 4.03. The van der Waals surface area contributed by atoms with Crippen LogP contribution >= 0.6 is 23.1 Å². The van der Waals surface area contributed by atoms with Crippen molar-refractivity contribution < 1.29 is 9.59 Å². The van der Waals surface area contributed by atoms with E-state index in [0.717, 1.165) is 11.3 Å². The maximum atomic E-state index is 12.3. The SMILES string of the molecule is CCn1c(CNC(=O)c2ccc(C)cc2)nnc1SCC(=O)Nc1nc(C)cs1. The van der Waals surface area contributed by atoms with Crippen LogP contribution in [0.4, 0.5) is 5.13 Å². The second kappa shape index (κ2) is 9.66. The highest BCUT2D eigenvalue weighted by atomic mass is 32.2. The molecular formula is C19H22N6O2S2. The molecule has 1 aromatic carbocycles. The highest BCUT2D eigenvalue weighted by molar-refractivity contribution is 7.99. The van der Waals surface area contributed by atoms with Crippen molar-refractivity contribution in [2.24, 2.45) is 0 Å². The number of thioether (sulfide) groups is 1. The molecule has 0 bridgehead atoms. The minimum absolute atomic E-state index is 0.149. The molecule has 0 saturated heterocycles. The first-order valence-corrected chi connectivity index (χ1v) is 10.9. The van der Waals surface area contributed by atoms with Gasteiger partial charge in [-0.05, 0) is 32.9 Å². The minimum atomic E-state index is -0.164. The smallest absolute Gasteiger partial charge is 0.251 e. The highest BCUT2D eigenvalue weighted by Gasteiger charge is 2.15. The van der Waals surface area contributed by atoms with Crippen molar-refractivity contribution in [3.8, 4) is 0 Å². The Morgan fingerprint density at radius 3 is 2.59 bits per heavy atom. The Labute approximate surface area is 177 Å². The summed E-state index contributed by atoms with van der Waals surface area (Å²) in [6, 6.07) is 7.38. The van der Waals surface area contributed by atoms with Crippen molar-refractivity contribution in [2.75, 3.05) is 11.1 Å². The van der Waals surface area contributed by atoms with Gasteiger partial charge in [-0.25, -0.2) is 4.98 Å². The number of rotatable bonds is 8. The average molecular weight is 431 g/mol. The zero-order valence-electron chi connectivity index (χ0n) is 16.4. The monoisotopic (exact) mass is 430 g/mol. The van der Waals surface area contributed by atoms with Gasteiger partial charge in [0.25, 0.3) is 5.91 Å². The first-order chi connectivity index (χ1) is 14.0. The summed E-state index contributed by atoms with van der Waals surface area (Å²) < 4.78 is 1.89. The summed E-state index contributed by atoms with van der Waals surface area (Å²) in [5, 5.41) is 17.1. The summed E-state index contributed by atoms with van der Waals surface area (Å²) in [7, 11) is 0. The lowest BCUT2D eigenvalue weighted by Gasteiger charge is -2.08. The number of carbonyl (C=O) groups excluding carboxylic acids is 2. The standard InChI is InChI=1S/C19H22N6O2S2/c1-4-25-15(9-20-17(27)14-7-5-12(2)6-8-14)23-24-19(25)29-11-16(26)22-18-21-13(3)10-28-18/h5-8,10H,4,9,11H2,1-3H3,(H,20,27)(H,21,22,26). The summed E-state index contributed by atoms with van der Waals surface area (Å²) in [5.41, 5.74) is 2.57. The van der Waals surface area contributed by atoms with E-state index in [1.165, 1.54) is 23.1 Å². The number of carbonyl (C=O) groups is 2. The topological polar surface area (TPSA) is 102 Å². The number of thiazole rings is 1. The predicted molar refractivity (Wildman–Crippen MR) is 114 cm³/mol. The lowest BCUT2D eigenvalue weighted by molar-refractivity contribution is -0.113. The second-order valence-electron chi connectivity index (χ2n) is 6.32. The van der Waals surface area contributed by atoms with E-state index in [-0.39, 0.29) is 24.1 Å². The number of hydrogen-bond acceptors (Lipinski definition) is 7. The van der Waals surface area contributed by atoms with Crippen LogP contribution in [0, 0.1) is 13.8 Å². The van der Waals surface area contributed by atoms with Crippen molar-refractivity contribution in [1.82, 2.24) is 25.1 Å². The quantitative estimate of drug-likeness (QED) is 0.533. The summed E-state index contributed by atoms with van der Waals surface area (Å²) in [6.45, 7) is 6.72. The molecule has 8 nitrogen and oxygen atoms in total. The Kier molecular flexibility index (Phi) is 6.99. The van der Waals surface area contributed by atoms with E-state index >= 15 is 0 Å². The molecule has 0 radical (unpaired) electrons. The predicted octanol–water partition coefficient (Wildman–Crippen LogP) is 3.03. The van der Waals surface area contributed by atoms with Crippen molar-refractivity contribution in [3.05, 3.63) is 52.3 Å². The van der Waals surface area contributed by atoms with Gasteiger partial charge in [0.2, 0.25) is 5.91 Å². The van der Waals surface area contributed by atoms with Crippen molar-refractivity contribution in [1.29, 1.82) is 0 Å². The summed E-state index contributed by atoms with van der Waals surface area (Å²) >= 11 is 2.69. The van der Waals surface area contributed by atoms with Gasteiger partial charge in [-0.3, -0.25) is 9.59 Å². The molecule has 152 valence electrons. The van der Waals surface area contributed by atoms with Crippen LogP contribution in [-0.2, 0) is 17.9 Å². The molecule has 3 aromatic rings. The molecule has 2 amide bonds. The van der Waals surface area contributed by atoms with Crippen molar-refractivity contribution >= 4 is 40.0 Å². The van der Waals surface area contributed by atoms with E-state index in [1.54, 1.807) is 12.1 Å². The normalized spacial score (nSPS) is 10.7. The lowest BCUT2D eigenvalue weighted by atomic mass is 10.1. The number of hydrogen-bond donors (Lipinski definition) is 2. The number of benzene rings is 1. The molecule has 10 heteroatoms. The molecular weight excluding hydrogens is 408 g/mol. The Morgan fingerprint density at radius 1 is 1.17 bits per heavy atom. The first-order valence-electron chi connectivity index (χ1n) is 9.08. The maximum absolute atomic E-state index is 12.3. The van der Waals surface area contributed by atoms with E-state index in [9.17, 15) is 9.59 Å². The van der Waals surface area contributed by atoms with E-state index in [4.69, 9.17) is 0 Å². The van der Waals surface area contributed by atoms with Crippen LogP contribution in [0.15, 0.2) is 34.8 Å². The third kappa shape index (κ3) is 5.64. The first kappa shape index (κ1) is 21.0. The second-order valence-corrected chi connectivity index (χ2v) is 8.12. The van der Waals surface area contributed by atoms with Crippen molar-refractivity contribution in [2.45, 2.75) is 39.0 Å². The van der Waals surface area contributed by atoms with Crippen LogP contribution in [0.2, 0.25) is 0 Å². The van der Waals surface area contributed by atoms with Crippen LogP contribution < -0.4 is 10.6 Å². The van der Waals surface area contributed by atoms with Crippen LogP contribution in [0.5, 0.6) is 0 Å². The van der Waals surface area contributed by atoms with Gasteiger partial charge in [-0.2, -0.15) is 0 Å². The Morgan fingerprint density at radius 2 is 1.93 bits per heavy atom. The Bertz CT molecular complexity index is 997. The molecule has 3 rings (SSSR count). The van der Waals surface area contributed by atoms with Gasteiger partial charge >= 0.3 is 0 Å². The van der Waals surface area contributed by atoms with Gasteiger partial charge in [-0.15, -0.1) is 21.5 Å². The fraction of sp³-hybridized carbons (Fsp3) is 0.316. The van der Waals surface area contributed by atoms with Gasteiger partial charge in [0.1, 0.15) is 0 Å². The van der Waals surface area contributed by atoms with Crippen LogP contribution in [0.25, 0.3) is 0 Å². The minimum Gasteiger partial charge on any atom is -0.345 e. The van der Waals surface area contributed by atoms with E-state index in [2.05, 4.69) is 25.8 Å². The number of aryl methyl sites for hydroxylation is 2. The zero-order chi connectivity index (χ0) is 20.8. The molecule has 0 aliphatic rings. The fourth-order valence-corrected chi connectivity index (χ4v) is 4.06. The Hall–Kier alpha value is -2.72. The summed E-state index contributed by atoms with van der Waals surface area (Å²) in [5.74, 6) is 0.533. The number of amides is 2. The van der Waals surface area contributed by atoms with Crippen molar-refractivity contribution in [3.63, 3.8) is 0 Å². The number of aromatic nitrogens is 4. The molecule has 2 N–H and O–H groups in total. The molecule has 29 heavy (non-hydrogen) atoms. The summed E-state index contributed by atoms with van der Waals surface area (Å²) in [4.78, 5) is 28.6. The Balaban J connectivity index is 1.55. The largest absolute Gasteiger partial charge is 0.345 e. The number of nitrogens with zero attached hydrogens (tertiary/aromatic N) is 4. The molecule has 0 atom stereocenters. The molecule has 0 unspecified atom stereocenters. The molecule has 0 aliphatic heterocycles. The molecule has 2 heterocycles. The van der Waals surface area contributed by atoms with Crippen LogP contribution in [-0.4, -0.2) is 37.3 Å². The molecule has 0 aliphatic carbocycles. The lowest BCUT2D eigenvalue weighted by Crippen LogP contribution is -2.24. The summed E-state index contributed by atoms with van der Waals surface area (Å²) in [6.07, 6.45) is 0. The van der Waals surface area contributed by atoms with Crippen LogP contribution in [0.3, 0.4) is 0 Å². The number of anilines is 1. The fourth-order valence-electron chi connectivity index (χ4n) is 2.54. The van der Waals surface area contributed by atoms with Gasteiger partial charge in [0.05, 0.1) is 18.0 Å². The number of nitrogens with one attached hydrogen (secondary N) is 2. The van der Waals surface area contributed by atoms with E-state index < -0.39 is 0 Å². The van der Waals surface area contributed by atoms with Gasteiger partial charge in [0, 0.05) is 17.5 Å². The van der Waals surface area contributed by atoms with E-state index in [1.807, 2.05) is 42.9 Å². The maximum Gasteiger partial charge on any atom is 0.251 e. The average Bonchev–Trinajstić information content (AvgIpc) is 3.30. The van der Waals surface area contributed by atoms with E-state index in [0.29, 0.717) is 28.2 Å². The molecule has 0 spiro atoms. The molecule has 2 aromatic heterocycles. The van der Waals surface area contributed by atoms with Gasteiger partial charge < -0.3 is 15.2 Å². The highest BCUT2D eigenvalue weighted by Crippen LogP contribution is 2.19. The van der Waals surface area contributed by atoms with Gasteiger partial charge in [-0.1, -0.05) is 29.5 Å².